The fraction of sp³-hybridized carbons (Fsp3) is 0.400. The van der Waals surface area contributed by atoms with Crippen LogP contribution in [-0.2, 0) is 29.4 Å². The van der Waals surface area contributed by atoms with Gasteiger partial charge >= 0.3 is 0 Å². The van der Waals surface area contributed by atoms with Crippen LogP contribution in [0.2, 0.25) is 0 Å². The van der Waals surface area contributed by atoms with Crippen molar-refractivity contribution in [3.8, 4) is 0 Å². The Bertz CT molecular complexity index is 794. The fourth-order valence-corrected chi connectivity index (χ4v) is 4.01. The van der Waals surface area contributed by atoms with E-state index in [0.717, 1.165) is 0 Å². The summed E-state index contributed by atoms with van der Waals surface area (Å²) in [7, 11) is 0. The third-order valence-corrected chi connectivity index (χ3v) is 5.62. The Morgan fingerprint density at radius 3 is 2.04 bits per heavy atom. The minimum atomic E-state index is -1.62. The quantitative estimate of drug-likeness (QED) is 0.715. The molecule has 2 unspecified atom stereocenters. The Kier molecular flexibility index (Phi) is 5.66. The number of aliphatic hydroxyl groups is 2. The molecule has 6 atom stereocenters. The van der Waals surface area contributed by atoms with Gasteiger partial charge in [0.15, 0.2) is 0 Å². The van der Waals surface area contributed by atoms with Crippen LogP contribution in [0.5, 0.6) is 0 Å². The monoisotopic (exact) mass is 426 g/mol. The minimum Gasteiger partial charge on any atom is -0.394 e. The van der Waals surface area contributed by atoms with Crippen molar-refractivity contribution in [1.29, 1.82) is 0 Å². The second-order valence-corrected chi connectivity index (χ2v) is 7.68. The van der Waals surface area contributed by atoms with Crippen molar-refractivity contribution in [2.75, 3.05) is 13.2 Å². The van der Waals surface area contributed by atoms with E-state index in [2.05, 4.69) is 0 Å². The fourth-order valence-electron chi connectivity index (χ4n) is 3.38. The average Bonchev–Trinajstić information content (AvgIpc) is 3.31. The molecule has 6 nitrogen and oxygen atoms in total. The summed E-state index contributed by atoms with van der Waals surface area (Å²) in [6.07, 6.45) is -3.65. The van der Waals surface area contributed by atoms with Gasteiger partial charge in [0.1, 0.15) is 24.4 Å². The van der Waals surface area contributed by atoms with Crippen molar-refractivity contribution in [3.63, 3.8) is 0 Å². The Hall–Kier alpha value is -1.22. The highest BCUT2D eigenvalue weighted by atomic mass is 35.5. The van der Waals surface area contributed by atoms with Gasteiger partial charge in [-0.2, -0.15) is 0 Å². The molecule has 2 aliphatic rings. The summed E-state index contributed by atoms with van der Waals surface area (Å²) in [5.74, 6) is 0. The zero-order chi connectivity index (χ0) is 19.8. The summed E-state index contributed by atoms with van der Waals surface area (Å²) in [5.41, 5.74) is 1.20. The molecule has 8 heteroatoms. The summed E-state index contributed by atoms with van der Waals surface area (Å²) in [5, 5.41) is 16.6. The molecule has 0 aromatic heterocycles. The molecule has 2 aliphatic heterocycles. The van der Waals surface area contributed by atoms with Gasteiger partial charge in [0, 0.05) is 11.1 Å². The molecular weight excluding hydrogens is 407 g/mol. The number of benzene rings is 2. The zero-order valence-corrected chi connectivity index (χ0v) is 16.3. The van der Waals surface area contributed by atoms with Crippen LogP contribution in [0.3, 0.4) is 0 Å². The van der Waals surface area contributed by atoms with E-state index in [1.165, 1.54) is 0 Å². The molecule has 0 bridgehead atoms. The van der Waals surface area contributed by atoms with Crippen molar-refractivity contribution >= 4 is 23.2 Å². The molecule has 0 radical (unpaired) electrons. The Balaban J connectivity index is 1.59. The maximum atomic E-state index is 10.3. The second-order valence-electron chi connectivity index (χ2n) is 6.69. The number of rotatable bonds is 5. The van der Waals surface area contributed by atoms with Crippen LogP contribution in [0.1, 0.15) is 11.1 Å². The molecule has 2 fully saturated rings. The summed E-state index contributed by atoms with van der Waals surface area (Å²) in [6.45, 7) is -0.423. The van der Waals surface area contributed by atoms with Crippen molar-refractivity contribution < 1.29 is 29.2 Å². The van der Waals surface area contributed by atoms with E-state index in [-0.39, 0.29) is 6.61 Å². The maximum absolute atomic E-state index is 10.3. The normalized spacial score (nSPS) is 36.5. The molecule has 0 aliphatic carbocycles. The van der Waals surface area contributed by atoms with E-state index in [0.29, 0.717) is 11.1 Å². The number of alkyl halides is 2. The van der Waals surface area contributed by atoms with Gasteiger partial charge in [-0.3, -0.25) is 0 Å². The lowest BCUT2D eigenvalue weighted by Crippen LogP contribution is -2.45. The van der Waals surface area contributed by atoms with E-state index < -0.39 is 41.5 Å². The second kappa shape index (κ2) is 7.89. The Labute approximate surface area is 172 Å². The molecular formula is C20H20Cl2O6. The van der Waals surface area contributed by atoms with Crippen LogP contribution in [0.15, 0.2) is 60.7 Å². The van der Waals surface area contributed by atoms with Crippen LogP contribution < -0.4 is 0 Å². The van der Waals surface area contributed by atoms with Crippen LogP contribution >= 0.6 is 23.2 Å². The Morgan fingerprint density at radius 1 is 0.893 bits per heavy atom. The SMILES string of the molecule is OC[C@@H](O)[C@H]1OC(Cl)(c2ccccc2)O[C@@H]1[C@@H]1COC(Cl)(c2ccccc2)O1. The van der Waals surface area contributed by atoms with Gasteiger partial charge in [0.05, 0.1) is 13.2 Å². The van der Waals surface area contributed by atoms with Gasteiger partial charge in [-0.15, -0.1) is 0 Å². The first kappa shape index (κ1) is 20.1. The molecule has 28 heavy (non-hydrogen) atoms. The molecule has 150 valence electrons. The zero-order valence-electron chi connectivity index (χ0n) is 14.8. The standard InChI is InChI=1S/C20H20Cl2O6/c21-19(13-7-3-1-4-8-13)25-12-16(26-19)18-17(15(24)11-23)27-20(22,28-18)14-9-5-2-6-10-14/h1-10,15-18,23-24H,11-12H2/t15-,16+,17-,18-,19?,20?/m1/s1. The third-order valence-electron chi connectivity index (χ3n) is 4.81. The first-order valence-electron chi connectivity index (χ1n) is 8.90. The molecule has 2 aromatic rings. The van der Waals surface area contributed by atoms with Crippen molar-refractivity contribution in [2.45, 2.75) is 34.9 Å². The van der Waals surface area contributed by atoms with Crippen LogP contribution in [0, 0.1) is 0 Å². The lowest BCUT2D eigenvalue weighted by atomic mass is 10.0. The summed E-state index contributed by atoms with van der Waals surface area (Å²) in [6, 6.07) is 18.0. The third kappa shape index (κ3) is 3.67. The van der Waals surface area contributed by atoms with E-state index in [1.54, 1.807) is 36.4 Å². The van der Waals surface area contributed by atoms with Gasteiger partial charge in [0.2, 0.25) is 0 Å². The van der Waals surface area contributed by atoms with E-state index in [9.17, 15) is 10.2 Å². The highest BCUT2D eigenvalue weighted by Gasteiger charge is 2.57. The number of hydrogen-bond acceptors (Lipinski definition) is 6. The number of halogens is 2. The van der Waals surface area contributed by atoms with Crippen molar-refractivity contribution in [1.82, 2.24) is 0 Å². The van der Waals surface area contributed by atoms with Crippen LogP contribution in [0.4, 0.5) is 0 Å². The predicted octanol–water partition coefficient (Wildman–Crippen LogP) is 2.64. The average molecular weight is 427 g/mol. The van der Waals surface area contributed by atoms with Gasteiger partial charge in [-0.05, 0) is 0 Å². The van der Waals surface area contributed by atoms with E-state index in [1.807, 2.05) is 24.3 Å². The summed E-state index contributed by atoms with van der Waals surface area (Å²) >= 11 is 13.1. The molecule has 2 saturated heterocycles. The van der Waals surface area contributed by atoms with Gasteiger partial charge in [0.25, 0.3) is 10.5 Å². The number of aliphatic hydroxyl groups excluding tert-OH is 2. The molecule has 0 spiro atoms. The Morgan fingerprint density at radius 2 is 1.46 bits per heavy atom. The van der Waals surface area contributed by atoms with E-state index in [4.69, 9.17) is 42.1 Å². The lowest BCUT2D eigenvalue weighted by Gasteiger charge is -2.26. The predicted molar refractivity (Wildman–Crippen MR) is 102 cm³/mol. The maximum Gasteiger partial charge on any atom is 0.277 e. The van der Waals surface area contributed by atoms with Crippen LogP contribution in [-0.4, -0.2) is 47.8 Å². The first-order chi connectivity index (χ1) is 13.5. The molecule has 0 saturated carbocycles. The molecule has 2 aromatic carbocycles. The van der Waals surface area contributed by atoms with Crippen molar-refractivity contribution in [3.05, 3.63) is 71.8 Å². The first-order valence-corrected chi connectivity index (χ1v) is 9.66. The summed E-state index contributed by atoms with van der Waals surface area (Å²) in [4.78, 5) is 0. The molecule has 0 amide bonds. The number of hydrogen-bond donors (Lipinski definition) is 2. The lowest BCUT2D eigenvalue weighted by molar-refractivity contribution is -0.146. The van der Waals surface area contributed by atoms with Crippen LogP contribution in [0.25, 0.3) is 0 Å². The molecule has 2 N–H and O–H groups in total. The topological polar surface area (TPSA) is 77.4 Å². The van der Waals surface area contributed by atoms with Gasteiger partial charge in [-0.1, -0.05) is 83.9 Å². The number of ether oxygens (including phenoxy) is 4. The van der Waals surface area contributed by atoms with Gasteiger partial charge in [-0.25, -0.2) is 0 Å². The minimum absolute atomic E-state index is 0.100. The highest BCUT2D eigenvalue weighted by Crippen LogP contribution is 2.47. The van der Waals surface area contributed by atoms with Crippen molar-refractivity contribution in [2.24, 2.45) is 0 Å². The van der Waals surface area contributed by atoms with Gasteiger partial charge < -0.3 is 29.2 Å². The highest BCUT2D eigenvalue weighted by molar-refractivity contribution is 6.22. The largest absolute Gasteiger partial charge is 0.394 e. The summed E-state index contributed by atoms with van der Waals surface area (Å²) < 4.78 is 23.5. The molecule has 2 heterocycles. The molecule has 4 rings (SSSR count). The smallest absolute Gasteiger partial charge is 0.277 e. The van der Waals surface area contributed by atoms with E-state index >= 15 is 0 Å².